The maximum Gasteiger partial charge on any atom is 0.179 e. The quantitative estimate of drug-likeness (QED) is 0.116. The standard InChI is InChI=1S/C60H40N2OSi/c1-4-21-42(22-5-1)64(43-23-6-2-7-24-43,44-25-8-3-9-26-44)45-27-16-20-41(40-45)61-53-35-13-10-28-46(53)49-32-19-38-56(59(49)61)62-54-36-14-11-30-52(54)58-48(31-18-37-55(58)62)51-34-17-33-50-47-29-12-15-39-57(47)63-60(50)51/h1-40H. The largest absolute Gasteiger partial charge is 0.455 e. The second-order valence-electron chi connectivity index (χ2n) is 16.8. The lowest BCUT2D eigenvalue weighted by molar-refractivity contribution is 0.670. The summed E-state index contributed by atoms with van der Waals surface area (Å²) >= 11 is 0. The molecule has 300 valence electrons. The summed E-state index contributed by atoms with van der Waals surface area (Å²) in [6, 6.07) is 89.2. The minimum atomic E-state index is -2.81. The third kappa shape index (κ3) is 5.27. The highest BCUT2D eigenvalue weighted by molar-refractivity contribution is 7.19. The van der Waals surface area contributed by atoms with Crippen LogP contribution >= 0.6 is 0 Å². The summed E-state index contributed by atoms with van der Waals surface area (Å²) in [6.07, 6.45) is 0. The molecule has 0 saturated carbocycles. The lowest BCUT2D eigenvalue weighted by Crippen LogP contribution is -2.74. The maximum absolute atomic E-state index is 6.66. The van der Waals surface area contributed by atoms with Gasteiger partial charge in [0, 0.05) is 43.6 Å². The molecule has 3 heterocycles. The Morgan fingerprint density at radius 3 is 1.55 bits per heavy atom. The van der Waals surface area contributed by atoms with Gasteiger partial charge in [0.25, 0.3) is 0 Å². The second kappa shape index (κ2) is 14.5. The number of fused-ring (bicyclic) bond motifs is 9. The zero-order valence-corrected chi connectivity index (χ0v) is 35.9. The van der Waals surface area contributed by atoms with Crippen molar-refractivity contribution in [2.24, 2.45) is 0 Å². The van der Waals surface area contributed by atoms with Gasteiger partial charge in [-0.05, 0) is 68.8 Å². The highest BCUT2D eigenvalue weighted by atomic mass is 28.3. The monoisotopic (exact) mass is 832 g/mol. The Balaban J connectivity index is 1.11. The summed E-state index contributed by atoms with van der Waals surface area (Å²) in [6.45, 7) is 0. The van der Waals surface area contributed by atoms with E-state index in [-0.39, 0.29) is 0 Å². The van der Waals surface area contributed by atoms with Crippen LogP contribution in [0.1, 0.15) is 0 Å². The summed E-state index contributed by atoms with van der Waals surface area (Å²) in [4.78, 5) is 0. The van der Waals surface area contributed by atoms with Crippen LogP contribution in [0.4, 0.5) is 0 Å². The minimum absolute atomic E-state index is 0.902. The van der Waals surface area contributed by atoms with Crippen molar-refractivity contribution >= 4 is 94.4 Å². The molecular formula is C60H40N2OSi. The van der Waals surface area contributed by atoms with Crippen LogP contribution < -0.4 is 20.7 Å². The predicted octanol–water partition coefficient (Wildman–Crippen LogP) is 12.8. The van der Waals surface area contributed by atoms with E-state index >= 15 is 0 Å². The first-order valence-corrected chi connectivity index (χ1v) is 24.0. The predicted molar refractivity (Wildman–Crippen MR) is 271 cm³/mol. The number of hydrogen-bond donors (Lipinski definition) is 0. The summed E-state index contributed by atoms with van der Waals surface area (Å²) in [5.74, 6) is 0. The smallest absolute Gasteiger partial charge is 0.179 e. The van der Waals surface area contributed by atoms with Crippen molar-refractivity contribution in [2.45, 2.75) is 0 Å². The first-order chi connectivity index (χ1) is 31.8. The topological polar surface area (TPSA) is 23.0 Å². The molecule has 0 saturated heterocycles. The number of rotatable bonds is 7. The van der Waals surface area contributed by atoms with Gasteiger partial charge < -0.3 is 13.6 Å². The summed E-state index contributed by atoms with van der Waals surface area (Å²) < 4.78 is 11.7. The molecule has 0 atom stereocenters. The number of hydrogen-bond acceptors (Lipinski definition) is 1. The Hall–Kier alpha value is -8.18. The third-order valence-electron chi connectivity index (χ3n) is 13.5. The Labute approximate surface area is 371 Å². The zero-order chi connectivity index (χ0) is 42.2. The molecule has 13 rings (SSSR count). The normalized spacial score (nSPS) is 12.1. The maximum atomic E-state index is 6.66. The molecule has 3 nitrogen and oxygen atoms in total. The SMILES string of the molecule is c1ccc([Si](c2ccccc2)(c2ccccc2)c2cccc(-n3c4ccccc4c4cccc(-n5c6ccccc6c6c(-c7cccc8c7oc7ccccc78)cccc65)c43)c2)cc1. The van der Waals surface area contributed by atoms with E-state index in [1.54, 1.807) is 0 Å². The van der Waals surface area contributed by atoms with Gasteiger partial charge in [-0.25, -0.2) is 0 Å². The van der Waals surface area contributed by atoms with Gasteiger partial charge in [0.05, 0.1) is 27.8 Å². The Morgan fingerprint density at radius 2 is 0.828 bits per heavy atom. The molecule has 0 spiro atoms. The lowest BCUT2D eigenvalue weighted by Gasteiger charge is -2.34. The molecule has 0 aliphatic carbocycles. The molecule has 0 aliphatic heterocycles. The zero-order valence-electron chi connectivity index (χ0n) is 34.9. The molecule has 0 aliphatic rings. The molecule has 10 aromatic carbocycles. The van der Waals surface area contributed by atoms with Gasteiger partial charge in [-0.15, -0.1) is 0 Å². The van der Waals surface area contributed by atoms with Crippen LogP contribution in [0.3, 0.4) is 0 Å². The Kier molecular flexibility index (Phi) is 8.23. The van der Waals surface area contributed by atoms with Crippen LogP contribution in [0.25, 0.3) is 88.1 Å². The molecule has 64 heavy (non-hydrogen) atoms. The number of aromatic nitrogens is 2. The number of benzene rings is 10. The van der Waals surface area contributed by atoms with Gasteiger partial charge in [-0.3, -0.25) is 0 Å². The van der Waals surface area contributed by atoms with E-state index < -0.39 is 8.07 Å². The van der Waals surface area contributed by atoms with Crippen LogP contribution in [-0.2, 0) is 0 Å². The van der Waals surface area contributed by atoms with Crippen molar-refractivity contribution in [3.8, 4) is 22.5 Å². The summed E-state index contributed by atoms with van der Waals surface area (Å²) in [7, 11) is -2.81. The molecule has 0 amide bonds. The van der Waals surface area contributed by atoms with E-state index in [0.717, 1.165) is 55.5 Å². The third-order valence-corrected chi connectivity index (χ3v) is 18.2. The molecule has 0 radical (unpaired) electrons. The average molecular weight is 833 g/mol. The van der Waals surface area contributed by atoms with Crippen LogP contribution in [0, 0.1) is 0 Å². The lowest BCUT2D eigenvalue weighted by atomic mass is 9.97. The Bertz CT molecular complexity index is 3800. The van der Waals surface area contributed by atoms with Crippen molar-refractivity contribution in [2.75, 3.05) is 0 Å². The van der Waals surface area contributed by atoms with E-state index in [1.165, 1.54) is 53.3 Å². The average Bonchev–Trinajstić information content (AvgIpc) is 4.04. The number of para-hydroxylation sites is 5. The van der Waals surface area contributed by atoms with E-state index in [4.69, 9.17) is 4.42 Å². The van der Waals surface area contributed by atoms with E-state index in [0.29, 0.717) is 0 Å². The fraction of sp³-hybridized carbons (Fsp3) is 0. The fourth-order valence-corrected chi connectivity index (χ4v) is 15.6. The molecule has 0 fully saturated rings. The number of nitrogens with zero attached hydrogens (tertiary/aromatic N) is 2. The van der Waals surface area contributed by atoms with Gasteiger partial charge in [0.1, 0.15) is 11.2 Å². The highest BCUT2D eigenvalue weighted by Gasteiger charge is 2.41. The molecule has 3 aromatic heterocycles. The van der Waals surface area contributed by atoms with Gasteiger partial charge >= 0.3 is 0 Å². The minimum Gasteiger partial charge on any atom is -0.455 e. The molecule has 0 unspecified atom stereocenters. The number of furan rings is 1. The van der Waals surface area contributed by atoms with Crippen LogP contribution in [0.15, 0.2) is 247 Å². The van der Waals surface area contributed by atoms with E-state index in [1.807, 2.05) is 6.07 Å². The van der Waals surface area contributed by atoms with E-state index in [2.05, 4.69) is 246 Å². The second-order valence-corrected chi connectivity index (χ2v) is 20.6. The van der Waals surface area contributed by atoms with Crippen LogP contribution in [0.5, 0.6) is 0 Å². The summed E-state index contributed by atoms with van der Waals surface area (Å²) in [5, 5.41) is 12.5. The first-order valence-electron chi connectivity index (χ1n) is 22.0. The van der Waals surface area contributed by atoms with Gasteiger partial charge in [-0.1, -0.05) is 200 Å². The first kappa shape index (κ1) is 36.5. The molecule has 0 bridgehead atoms. The highest BCUT2D eigenvalue weighted by Crippen LogP contribution is 2.44. The summed E-state index contributed by atoms with van der Waals surface area (Å²) in [5.41, 5.74) is 11.0. The van der Waals surface area contributed by atoms with Crippen molar-refractivity contribution in [3.63, 3.8) is 0 Å². The van der Waals surface area contributed by atoms with Crippen molar-refractivity contribution < 1.29 is 4.42 Å². The van der Waals surface area contributed by atoms with Gasteiger partial charge in [0.15, 0.2) is 8.07 Å². The molecule has 13 aromatic rings. The van der Waals surface area contributed by atoms with E-state index in [9.17, 15) is 0 Å². The van der Waals surface area contributed by atoms with Crippen LogP contribution in [0.2, 0.25) is 0 Å². The fourth-order valence-electron chi connectivity index (χ4n) is 10.9. The van der Waals surface area contributed by atoms with Crippen molar-refractivity contribution in [3.05, 3.63) is 243 Å². The van der Waals surface area contributed by atoms with Crippen LogP contribution in [-0.4, -0.2) is 17.2 Å². The van der Waals surface area contributed by atoms with Gasteiger partial charge in [0.2, 0.25) is 0 Å². The Morgan fingerprint density at radius 1 is 0.328 bits per heavy atom. The molecule has 0 N–H and O–H groups in total. The molecular weight excluding hydrogens is 793 g/mol. The van der Waals surface area contributed by atoms with Crippen molar-refractivity contribution in [1.29, 1.82) is 0 Å². The van der Waals surface area contributed by atoms with Crippen molar-refractivity contribution in [1.82, 2.24) is 9.13 Å². The van der Waals surface area contributed by atoms with Gasteiger partial charge in [-0.2, -0.15) is 0 Å². The molecule has 4 heteroatoms.